The second-order valence-corrected chi connectivity index (χ2v) is 7.83. The SMILES string of the molecule is COC(=O)Nc1cc2c(cn1)COc1cc(OCC(C)(N)CC(C)C)ccc1-2. The number of pyridine rings is 1. The molecule has 1 aromatic carbocycles. The molecule has 0 radical (unpaired) electrons. The zero-order valence-corrected chi connectivity index (χ0v) is 16.7. The molecule has 1 amide bonds. The highest BCUT2D eigenvalue weighted by Crippen LogP contribution is 2.40. The number of amides is 1. The van der Waals surface area contributed by atoms with Gasteiger partial charge in [-0.3, -0.25) is 5.32 Å². The first-order chi connectivity index (χ1) is 13.3. The van der Waals surface area contributed by atoms with Gasteiger partial charge >= 0.3 is 6.09 Å². The van der Waals surface area contributed by atoms with E-state index in [1.165, 1.54) is 7.11 Å². The monoisotopic (exact) mass is 385 g/mol. The second-order valence-electron chi connectivity index (χ2n) is 7.83. The Morgan fingerprint density at radius 1 is 1.36 bits per heavy atom. The minimum atomic E-state index is -0.560. The molecule has 0 saturated carbocycles. The minimum Gasteiger partial charge on any atom is -0.492 e. The van der Waals surface area contributed by atoms with Gasteiger partial charge in [-0.15, -0.1) is 0 Å². The van der Waals surface area contributed by atoms with Crippen LogP contribution in [0.1, 0.15) is 32.8 Å². The summed E-state index contributed by atoms with van der Waals surface area (Å²) in [6.07, 6.45) is 2.01. The molecule has 1 aliphatic rings. The van der Waals surface area contributed by atoms with Crippen LogP contribution in [0.3, 0.4) is 0 Å². The Bertz CT molecular complexity index is 865. The van der Waals surface area contributed by atoms with Crippen molar-refractivity contribution in [2.75, 3.05) is 19.0 Å². The van der Waals surface area contributed by atoms with E-state index in [9.17, 15) is 4.79 Å². The van der Waals surface area contributed by atoms with Gasteiger partial charge in [0.05, 0.1) is 7.11 Å². The molecular formula is C21H27N3O4. The molecule has 3 rings (SSSR count). The van der Waals surface area contributed by atoms with E-state index >= 15 is 0 Å². The molecule has 7 nitrogen and oxygen atoms in total. The average molecular weight is 385 g/mol. The lowest BCUT2D eigenvalue weighted by Crippen LogP contribution is -2.43. The Kier molecular flexibility index (Phi) is 5.74. The van der Waals surface area contributed by atoms with Crippen molar-refractivity contribution in [1.29, 1.82) is 0 Å². The number of ether oxygens (including phenoxy) is 3. The van der Waals surface area contributed by atoms with Gasteiger partial charge in [-0.25, -0.2) is 9.78 Å². The number of carbonyl (C=O) groups excluding carboxylic acids is 1. The summed E-state index contributed by atoms with van der Waals surface area (Å²) in [6, 6.07) is 7.53. The van der Waals surface area contributed by atoms with Crippen LogP contribution in [-0.2, 0) is 11.3 Å². The quantitative estimate of drug-likeness (QED) is 0.781. The normalized spacial score (nSPS) is 14.4. The smallest absolute Gasteiger partial charge is 0.412 e. The number of nitrogens with two attached hydrogens (primary N) is 1. The number of aromatic nitrogens is 1. The number of methoxy groups -OCH3 is 1. The van der Waals surface area contributed by atoms with Gasteiger partial charge in [-0.1, -0.05) is 13.8 Å². The molecule has 0 bridgehead atoms. The zero-order valence-electron chi connectivity index (χ0n) is 16.7. The Labute approximate surface area is 165 Å². The van der Waals surface area contributed by atoms with E-state index < -0.39 is 11.6 Å². The van der Waals surface area contributed by atoms with Crippen LogP contribution in [0.15, 0.2) is 30.5 Å². The van der Waals surface area contributed by atoms with Crippen LogP contribution in [0, 0.1) is 5.92 Å². The number of anilines is 1. The van der Waals surface area contributed by atoms with Crippen LogP contribution in [0.2, 0.25) is 0 Å². The molecule has 3 N–H and O–H groups in total. The van der Waals surface area contributed by atoms with Crippen molar-refractivity contribution >= 4 is 11.9 Å². The van der Waals surface area contributed by atoms with E-state index in [2.05, 4.69) is 28.9 Å². The standard InChI is InChI=1S/C21H27N3O4/c1-13(2)9-21(3,22)12-28-15-5-6-16-17-8-19(24-20(25)26-4)23-10-14(17)11-27-18(16)7-15/h5-8,10,13H,9,11-12,22H2,1-4H3,(H,23,24,25). The second kappa shape index (κ2) is 8.06. The molecule has 28 heavy (non-hydrogen) atoms. The molecule has 0 spiro atoms. The van der Waals surface area contributed by atoms with Gasteiger partial charge in [0, 0.05) is 28.9 Å². The van der Waals surface area contributed by atoms with Crippen molar-refractivity contribution in [2.24, 2.45) is 11.7 Å². The van der Waals surface area contributed by atoms with Crippen molar-refractivity contribution in [1.82, 2.24) is 4.98 Å². The molecule has 150 valence electrons. The summed E-state index contributed by atoms with van der Waals surface area (Å²) in [4.78, 5) is 15.7. The number of nitrogens with one attached hydrogen (secondary N) is 1. The number of nitrogens with zero attached hydrogens (tertiary/aromatic N) is 1. The Morgan fingerprint density at radius 3 is 2.86 bits per heavy atom. The van der Waals surface area contributed by atoms with E-state index in [0.29, 0.717) is 30.7 Å². The highest BCUT2D eigenvalue weighted by atomic mass is 16.5. The molecule has 2 heterocycles. The fraction of sp³-hybridized carbons (Fsp3) is 0.429. The zero-order chi connectivity index (χ0) is 20.3. The van der Waals surface area contributed by atoms with E-state index in [0.717, 1.165) is 28.9 Å². The number of hydrogen-bond acceptors (Lipinski definition) is 6. The molecule has 0 aliphatic carbocycles. The van der Waals surface area contributed by atoms with Crippen LogP contribution in [0.4, 0.5) is 10.6 Å². The Morgan fingerprint density at radius 2 is 2.14 bits per heavy atom. The summed E-state index contributed by atoms with van der Waals surface area (Å²) in [5.41, 5.74) is 8.76. The van der Waals surface area contributed by atoms with Crippen LogP contribution in [-0.4, -0.2) is 30.3 Å². The van der Waals surface area contributed by atoms with Crippen LogP contribution in [0.25, 0.3) is 11.1 Å². The summed E-state index contributed by atoms with van der Waals surface area (Å²) < 4.78 is 16.4. The van der Waals surface area contributed by atoms with Crippen molar-refractivity contribution in [3.8, 4) is 22.6 Å². The van der Waals surface area contributed by atoms with Crippen LogP contribution in [0.5, 0.6) is 11.5 Å². The first-order valence-electron chi connectivity index (χ1n) is 9.30. The maximum absolute atomic E-state index is 11.4. The molecule has 7 heteroatoms. The highest BCUT2D eigenvalue weighted by Gasteiger charge is 2.23. The van der Waals surface area contributed by atoms with E-state index in [-0.39, 0.29) is 0 Å². The fourth-order valence-electron chi connectivity index (χ4n) is 3.40. The summed E-state index contributed by atoms with van der Waals surface area (Å²) in [7, 11) is 1.31. The first-order valence-corrected chi connectivity index (χ1v) is 9.30. The summed E-state index contributed by atoms with van der Waals surface area (Å²) in [5.74, 6) is 2.36. The van der Waals surface area contributed by atoms with Crippen LogP contribution < -0.4 is 20.5 Å². The molecule has 1 aliphatic heterocycles. The number of carbonyl (C=O) groups is 1. The Hall–Kier alpha value is -2.80. The average Bonchev–Trinajstić information content (AvgIpc) is 2.65. The lowest BCUT2D eigenvalue weighted by atomic mass is 9.93. The predicted molar refractivity (Wildman–Crippen MR) is 108 cm³/mol. The summed E-state index contributed by atoms with van der Waals surface area (Å²) in [6.45, 7) is 7.12. The van der Waals surface area contributed by atoms with Crippen molar-refractivity contribution in [2.45, 2.75) is 39.3 Å². The molecule has 1 aromatic heterocycles. The summed E-state index contributed by atoms with van der Waals surface area (Å²) in [5, 5.41) is 2.58. The third kappa shape index (κ3) is 4.72. The molecule has 1 atom stereocenters. The first kappa shape index (κ1) is 19.9. The fourth-order valence-corrected chi connectivity index (χ4v) is 3.40. The van der Waals surface area contributed by atoms with E-state index in [1.54, 1.807) is 6.20 Å². The maximum Gasteiger partial charge on any atom is 0.412 e. The topological polar surface area (TPSA) is 95.7 Å². The van der Waals surface area contributed by atoms with E-state index in [4.69, 9.17) is 15.2 Å². The van der Waals surface area contributed by atoms with Crippen molar-refractivity contribution < 1.29 is 19.0 Å². The van der Waals surface area contributed by atoms with Gasteiger partial charge in [0.15, 0.2) is 0 Å². The van der Waals surface area contributed by atoms with E-state index in [1.807, 2.05) is 31.2 Å². The number of fused-ring (bicyclic) bond motifs is 3. The number of hydrogen-bond donors (Lipinski definition) is 2. The number of benzene rings is 1. The molecule has 2 aromatic rings. The minimum absolute atomic E-state index is 0.391. The van der Waals surface area contributed by atoms with Gasteiger partial charge in [-0.05, 0) is 43.0 Å². The highest BCUT2D eigenvalue weighted by molar-refractivity contribution is 5.85. The Balaban J connectivity index is 1.79. The molecule has 0 fully saturated rings. The largest absolute Gasteiger partial charge is 0.492 e. The predicted octanol–water partition coefficient (Wildman–Crippen LogP) is 3.96. The molecular weight excluding hydrogens is 358 g/mol. The van der Waals surface area contributed by atoms with Crippen LogP contribution >= 0.6 is 0 Å². The third-order valence-electron chi connectivity index (χ3n) is 4.47. The lowest BCUT2D eigenvalue weighted by Gasteiger charge is -2.27. The summed E-state index contributed by atoms with van der Waals surface area (Å²) >= 11 is 0. The van der Waals surface area contributed by atoms with Gasteiger partial charge in [-0.2, -0.15) is 0 Å². The van der Waals surface area contributed by atoms with Crippen molar-refractivity contribution in [3.63, 3.8) is 0 Å². The third-order valence-corrected chi connectivity index (χ3v) is 4.47. The lowest BCUT2D eigenvalue weighted by molar-refractivity contribution is 0.187. The van der Waals surface area contributed by atoms with Crippen molar-refractivity contribution in [3.05, 3.63) is 36.0 Å². The maximum atomic E-state index is 11.4. The molecule has 0 saturated heterocycles. The van der Waals surface area contributed by atoms with Gasteiger partial charge in [0.25, 0.3) is 0 Å². The van der Waals surface area contributed by atoms with Gasteiger partial charge < -0.3 is 19.9 Å². The molecule has 1 unspecified atom stereocenters. The number of rotatable bonds is 6. The van der Waals surface area contributed by atoms with Gasteiger partial charge in [0.1, 0.15) is 30.5 Å². The van der Waals surface area contributed by atoms with Gasteiger partial charge in [0.2, 0.25) is 0 Å².